The van der Waals surface area contributed by atoms with Crippen molar-refractivity contribution in [1.82, 2.24) is 23.9 Å². The van der Waals surface area contributed by atoms with Gasteiger partial charge in [-0.25, -0.2) is 0 Å². The van der Waals surface area contributed by atoms with Crippen molar-refractivity contribution in [2.75, 3.05) is 19.6 Å². The molecule has 1 atom stereocenters. The lowest BCUT2D eigenvalue weighted by molar-refractivity contribution is -0.119. The molecule has 1 aromatic rings. The van der Waals surface area contributed by atoms with Crippen molar-refractivity contribution in [3.63, 3.8) is 0 Å². The maximum Gasteiger partial charge on any atom is 0.282 e. The highest BCUT2D eigenvalue weighted by Crippen LogP contribution is 2.34. The largest absolute Gasteiger partial charge is 0.351 e. The van der Waals surface area contributed by atoms with E-state index in [2.05, 4.69) is 15.3 Å². The molecule has 1 aliphatic heterocycles. The summed E-state index contributed by atoms with van der Waals surface area (Å²) in [6.45, 7) is 6.76. The number of carbonyl (C=O) groups is 1. The number of amides is 1. The first-order chi connectivity index (χ1) is 11.4. The summed E-state index contributed by atoms with van der Waals surface area (Å²) in [5, 5.41) is 2.68. The van der Waals surface area contributed by atoms with E-state index in [-0.39, 0.29) is 18.5 Å². The first-order valence-corrected chi connectivity index (χ1v) is 9.62. The Morgan fingerprint density at radius 3 is 2.71 bits per heavy atom. The lowest BCUT2D eigenvalue weighted by Gasteiger charge is -2.29. The normalized spacial score (nSPS) is 18.9. The molecule has 2 heterocycles. The molecule has 134 valence electrons. The number of hydrogen-bond donors (Lipinski definition) is 1. The average Bonchev–Trinajstić information content (AvgIpc) is 3.04. The number of hydrogen-bond acceptors (Lipinski definition) is 5. The van der Waals surface area contributed by atoms with E-state index in [1.54, 1.807) is 12.4 Å². The van der Waals surface area contributed by atoms with E-state index in [1.807, 2.05) is 13.8 Å². The monoisotopic (exact) mass is 355 g/mol. The third-order valence-electron chi connectivity index (χ3n) is 4.09. The van der Waals surface area contributed by atoms with Crippen LogP contribution in [0.3, 0.4) is 0 Å². The van der Waals surface area contributed by atoms with Gasteiger partial charge in [0.2, 0.25) is 5.91 Å². The van der Waals surface area contributed by atoms with Crippen LogP contribution in [-0.2, 0) is 21.5 Å². The van der Waals surface area contributed by atoms with Crippen LogP contribution in [0.15, 0.2) is 12.4 Å². The molecule has 0 saturated carbocycles. The van der Waals surface area contributed by atoms with Crippen molar-refractivity contribution in [3.05, 3.63) is 23.8 Å². The van der Waals surface area contributed by atoms with Crippen molar-refractivity contribution in [2.45, 2.75) is 46.2 Å². The van der Waals surface area contributed by atoms with E-state index in [9.17, 15) is 13.2 Å². The molecule has 1 amide bonds. The Morgan fingerprint density at radius 2 is 2.08 bits per heavy atom. The minimum absolute atomic E-state index is 0.145. The molecule has 9 heteroatoms. The van der Waals surface area contributed by atoms with Crippen LogP contribution in [0.25, 0.3) is 0 Å². The van der Waals surface area contributed by atoms with Gasteiger partial charge in [0.1, 0.15) is 0 Å². The number of carbonyl (C=O) groups excluding carboxylic acids is 1. The van der Waals surface area contributed by atoms with Crippen molar-refractivity contribution in [1.29, 1.82) is 0 Å². The number of rotatable bonds is 7. The van der Waals surface area contributed by atoms with Crippen LogP contribution < -0.4 is 5.32 Å². The first kappa shape index (κ1) is 18.8. The Balaban J connectivity index is 2.24. The standard InChI is InChI=1S/C15H25N5O3S/c1-4-19(5-2)24(22,23)20-8-6-7-15(20)14-11-16-9-13(18-14)10-17-12(3)21/h9,11,15H,4-8,10H2,1-3H3,(H,17,21)/t15-/m0/s1. The minimum atomic E-state index is -3.51. The van der Waals surface area contributed by atoms with Crippen LogP contribution >= 0.6 is 0 Å². The molecule has 0 radical (unpaired) electrons. The summed E-state index contributed by atoms with van der Waals surface area (Å²) in [6.07, 6.45) is 4.71. The maximum absolute atomic E-state index is 12.8. The molecule has 1 saturated heterocycles. The van der Waals surface area contributed by atoms with Crippen LogP contribution in [0.5, 0.6) is 0 Å². The first-order valence-electron chi connectivity index (χ1n) is 8.22. The van der Waals surface area contributed by atoms with E-state index in [1.165, 1.54) is 15.5 Å². The van der Waals surface area contributed by atoms with E-state index < -0.39 is 10.2 Å². The second-order valence-corrected chi connectivity index (χ2v) is 7.59. The molecular weight excluding hydrogens is 330 g/mol. The van der Waals surface area contributed by atoms with E-state index in [4.69, 9.17) is 0 Å². The quantitative estimate of drug-likeness (QED) is 0.782. The molecule has 2 rings (SSSR count). The molecular formula is C15H25N5O3S. The fraction of sp³-hybridized carbons (Fsp3) is 0.667. The van der Waals surface area contributed by atoms with Crippen molar-refractivity contribution in [3.8, 4) is 0 Å². The Hall–Kier alpha value is -1.58. The molecule has 1 N–H and O–H groups in total. The summed E-state index contributed by atoms with van der Waals surface area (Å²) in [5.41, 5.74) is 1.25. The lowest BCUT2D eigenvalue weighted by Crippen LogP contribution is -2.43. The Bertz CT molecular complexity index is 675. The summed E-state index contributed by atoms with van der Waals surface area (Å²) in [4.78, 5) is 19.7. The minimum Gasteiger partial charge on any atom is -0.351 e. The summed E-state index contributed by atoms with van der Waals surface area (Å²) in [5.74, 6) is -0.145. The molecule has 0 spiro atoms. The molecule has 24 heavy (non-hydrogen) atoms. The highest BCUT2D eigenvalue weighted by atomic mass is 32.2. The number of aromatic nitrogens is 2. The van der Waals surface area contributed by atoms with Gasteiger partial charge in [0.05, 0.1) is 36.4 Å². The molecule has 1 aliphatic rings. The van der Waals surface area contributed by atoms with Gasteiger partial charge in [-0.1, -0.05) is 13.8 Å². The van der Waals surface area contributed by atoms with Gasteiger partial charge in [-0.15, -0.1) is 0 Å². The van der Waals surface area contributed by atoms with Crippen LogP contribution in [0.1, 0.15) is 51.0 Å². The van der Waals surface area contributed by atoms with Gasteiger partial charge >= 0.3 is 0 Å². The highest BCUT2D eigenvalue weighted by Gasteiger charge is 2.38. The molecule has 0 bridgehead atoms. The smallest absolute Gasteiger partial charge is 0.282 e. The molecule has 1 fully saturated rings. The Morgan fingerprint density at radius 1 is 1.38 bits per heavy atom. The number of nitrogens with one attached hydrogen (secondary N) is 1. The molecule has 8 nitrogen and oxygen atoms in total. The average molecular weight is 355 g/mol. The fourth-order valence-corrected chi connectivity index (χ4v) is 4.74. The summed E-state index contributed by atoms with van der Waals surface area (Å²) >= 11 is 0. The van der Waals surface area contributed by atoms with Gasteiger partial charge in [0.25, 0.3) is 10.2 Å². The predicted octanol–water partition coefficient (Wildman–Crippen LogP) is 0.836. The Labute approximate surface area is 143 Å². The lowest BCUT2D eigenvalue weighted by atomic mass is 10.2. The zero-order chi connectivity index (χ0) is 17.7. The molecule has 0 aromatic carbocycles. The number of nitrogens with zero attached hydrogens (tertiary/aromatic N) is 4. The van der Waals surface area contributed by atoms with E-state index in [0.29, 0.717) is 31.0 Å². The SMILES string of the molecule is CCN(CC)S(=O)(=O)N1CCC[C@H]1c1cncc(CNC(C)=O)n1. The van der Waals surface area contributed by atoms with Crippen LogP contribution in [0.4, 0.5) is 0 Å². The highest BCUT2D eigenvalue weighted by molar-refractivity contribution is 7.86. The molecule has 0 aliphatic carbocycles. The predicted molar refractivity (Wildman–Crippen MR) is 90.1 cm³/mol. The topological polar surface area (TPSA) is 95.5 Å². The summed E-state index contributed by atoms with van der Waals surface area (Å²) < 4.78 is 28.6. The van der Waals surface area contributed by atoms with Gasteiger partial charge in [0, 0.05) is 26.6 Å². The maximum atomic E-state index is 12.8. The van der Waals surface area contributed by atoms with Gasteiger partial charge in [-0.05, 0) is 12.8 Å². The van der Waals surface area contributed by atoms with Crippen LogP contribution in [-0.4, -0.2) is 52.5 Å². The zero-order valence-electron chi connectivity index (χ0n) is 14.4. The van der Waals surface area contributed by atoms with Crippen molar-refractivity contribution in [2.24, 2.45) is 0 Å². The van der Waals surface area contributed by atoms with Crippen LogP contribution in [0.2, 0.25) is 0 Å². The van der Waals surface area contributed by atoms with Crippen LogP contribution in [0, 0.1) is 0 Å². The van der Waals surface area contributed by atoms with Gasteiger partial charge < -0.3 is 5.32 Å². The third-order valence-corrected chi connectivity index (χ3v) is 6.29. The molecule has 0 unspecified atom stereocenters. The van der Waals surface area contributed by atoms with Gasteiger partial charge in [-0.2, -0.15) is 17.0 Å². The summed E-state index contributed by atoms with van der Waals surface area (Å²) in [7, 11) is -3.51. The molecule has 1 aromatic heterocycles. The van der Waals surface area contributed by atoms with E-state index in [0.717, 1.165) is 12.8 Å². The van der Waals surface area contributed by atoms with Gasteiger partial charge in [-0.3, -0.25) is 14.8 Å². The van der Waals surface area contributed by atoms with Crippen molar-refractivity contribution >= 4 is 16.1 Å². The van der Waals surface area contributed by atoms with E-state index >= 15 is 0 Å². The third kappa shape index (κ3) is 4.08. The fourth-order valence-electron chi connectivity index (χ4n) is 2.89. The Kier molecular flexibility index (Phi) is 6.25. The second kappa shape index (κ2) is 8.00. The van der Waals surface area contributed by atoms with Crippen molar-refractivity contribution < 1.29 is 13.2 Å². The van der Waals surface area contributed by atoms with Gasteiger partial charge in [0.15, 0.2) is 0 Å². The second-order valence-electron chi connectivity index (χ2n) is 5.71. The zero-order valence-corrected chi connectivity index (χ0v) is 15.2. The summed E-state index contributed by atoms with van der Waals surface area (Å²) in [6, 6.07) is -0.305.